The van der Waals surface area contributed by atoms with Crippen LogP contribution in [0.1, 0.15) is 0 Å². The molecule has 14 aromatic rings. The number of rotatable bonds is 6. The van der Waals surface area contributed by atoms with Crippen LogP contribution in [-0.4, -0.2) is 29.1 Å². The molecule has 0 saturated heterocycles. The maximum atomic E-state index is 6.70. The van der Waals surface area contributed by atoms with Crippen molar-refractivity contribution in [1.82, 2.24) is 29.1 Å². The van der Waals surface area contributed by atoms with E-state index in [4.69, 9.17) is 24.4 Å². The van der Waals surface area contributed by atoms with Crippen molar-refractivity contribution in [3.05, 3.63) is 218 Å². The van der Waals surface area contributed by atoms with E-state index in [0.29, 0.717) is 34.6 Å². The molecule has 312 valence electrons. The van der Waals surface area contributed by atoms with Crippen LogP contribution in [0.25, 0.3) is 133 Å². The summed E-state index contributed by atoms with van der Waals surface area (Å²) in [4.78, 5) is 21.7. The first-order chi connectivity index (χ1) is 33.3. The first kappa shape index (κ1) is 37.2. The Morgan fingerprint density at radius 3 is 1.45 bits per heavy atom. The molecule has 67 heavy (non-hydrogen) atoms. The smallest absolute Gasteiger partial charge is 0.238 e. The van der Waals surface area contributed by atoms with Crippen molar-refractivity contribution in [1.29, 1.82) is 0 Å². The lowest BCUT2D eigenvalue weighted by atomic mass is 9.88. The van der Waals surface area contributed by atoms with Gasteiger partial charge in [0.25, 0.3) is 0 Å². The molecule has 4 aromatic heterocycles. The molecule has 0 N–H and O–H groups in total. The molecule has 0 atom stereocenters. The molecule has 0 aliphatic rings. The van der Waals surface area contributed by atoms with Crippen molar-refractivity contribution in [3.8, 4) is 57.0 Å². The fourth-order valence-electron chi connectivity index (χ4n) is 10.4. The summed E-state index contributed by atoms with van der Waals surface area (Å²) in [5.74, 6) is 2.05. The minimum absolute atomic E-state index is 0.475. The van der Waals surface area contributed by atoms with Crippen LogP contribution in [-0.2, 0) is 0 Å². The van der Waals surface area contributed by atoms with Crippen LogP contribution < -0.4 is 0 Å². The van der Waals surface area contributed by atoms with E-state index in [1.807, 2.05) is 48.5 Å². The molecule has 14 rings (SSSR count). The summed E-state index contributed by atoms with van der Waals surface area (Å²) < 4.78 is 11.3. The average Bonchev–Trinajstić information content (AvgIpc) is 4.09. The molecule has 0 unspecified atom stereocenters. The molecule has 0 aliphatic carbocycles. The highest BCUT2D eigenvalue weighted by Gasteiger charge is 2.26. The van der Waals surface area contributed by atoms with E-state index in [-0.39, 0.29) is 0 Å². The molecule has 0 aliphatic heterocycles. The second-order valence-electron chi connectivity index (χ2n) is 16.9. The van der Waals surface area contributed by atoms with Gasteiger partial charge in [-0.05, 0) is 81.2 Å². The van der Waals surface area contributed by atoms with E-state index in [9.17, 15) is 0 Å². The molecule has 0 saturated carbocycles. The second kappa shape index (κ2) is 14.7. The van der Waals surface area contributed by atoms with E-state index < -0.39 is 0 Å². The predicted octanol–water partition coefficient (Wildman–Crippen LogP) is 15.2. The number of benzene rings is 10. The Hall–Kier alpha value is -9.20. The number of hydrogen-bond acceptors (Lipinski definition) is 5. The van der Waals surface area contributed by atoms with E-state index >= 15 is 0 Å². The van der Waals surface area contributed by atoms with Gasteiger partial charge in [-0.25, -0.2) is 9.97 Å². The maximum Gasteiger partial charge on any atom is 0.238 e. The van der Waals surface area contributed by atoms with Gasteiger partial charge in [-0.3, -0.25) is 4.57 Å². The van der Waals surface area contributed by atoms with Crippen LogP contribution >= 0.6 is 0 Å². The Morgan fingerprint density at radius 2 is 0.821 bits per heavy atom. The van der Waals surface area contributed by atoms with Crippen molar-refractivity contribution >= 4 is 76.3 Å². The Bertz CT molecular complexity index is 4210. The topological polar surface area (TPSA) is 74.6 Å². The minimum atomic E-state index is 0.475. The van der Waals surface area contributed by atoms with Gasteiger partial charge in [-0.1, -0.05) is 170 Å². The zero-order chi connectivity index (χ0) is 44.0. The van der Waals surface area contributed by atoms with Gasteiger partial charge >= 0.3 is 0 Å². The number of fused-ring (bicyclic) bond motifs is 10. The molecule has 10 aromatic carbocycles. The van der Waals surface area contributed by atoms with E-state index in [1.165, 1.54) is 10.9 Å². The van der Waals surface area contributed by atoms with Gasteiger partial charge in [-0.2, -0.15) is 9.97 Å². The normalized spacial score (nSPS) is 11.9. The molecule has 0 amide bonds. The molecule has 0 radical (unpaired) electrons. The number of nitrogens with zero attached hydrogens (tertiary/aromatic N) is 6. The second-order valence-corrected chi connectivity index (χ2v) is 16.9. The zero-order valence-corrected chi connectivity index (χ0v) is 35.9. The molecule has 0 bridgehead atoms. The van der Waals surface area contributed by atoms with Crippen molar-refractivity contribution in [2.75, 3.05) is 0 Å². The number of oxazole rings is 1. The number of para-hydroxylation sites is 4. The minimum Gasteiger partial charge on any atom is -0.435 e. The highest BCUT2D eigenvalue weighted by molar-refractivity contribution is 6.24. The lowest BCUT2D eigenvalue weighted by Gasteiger charge is -2.18. The zero-order valence-electron chi connectivity index (χ0n) is 35.9. The van der Waals surface area contributed by atoms with Crippen molar-refractivity contribution in [2.24, 2.45) is 0 Å². The molecule has 4 heterocycles. The molecule has 0 spiro atoms. The SMILES string of the molecule is c1ccc(-c2nc3cccc(-c4nc(-c5c6ccccc6c(-c6ccccc6)c6ccccc56)nc(-n5c6ccccc6c6ccc7c8ccccc8n(-c8ccccc8)c7c65)n4)c3o2)cc1. The van der Waals surface area contributed by atoms with Crippen LogP contribution in [0.3, 0.4) is 0 Å². The third kappa shape index (κ3) is 5.65. The molecular formula is C60H36N6O. The predicted molar refractivity (Wildman–Crippen MR) is 273 cm³/mol. The highest BCUT2D eigenvalue weighted by Crippen LogP contribution is 2.45. The van der Waals surface area contributed by atoms with Gasteiger partial charge in [-0.15, -0.1) is 0 Å². The fraction of sp³-hybridized carbons (Fsp3) is 0. The van der Waals surface area contributed by atoms with E-state index in [1.54, 1.807) is 0 Å². The first-order valence-electron chi connectivity index (χ1n) is 22.5. The maximum absolute atomic E-state index is 6.70. The third-order valence-electron chi connectivity index (χ3n) is 13.2. The van der Waals surface area contributed by atoms with Crippen molar-refractivity contribution in [3.63, 3.8) is 0 Å². The molecule has 7 nitrogen and oxygen atoms in total. The summed E-state index contributed by atoms with van der Waals surface area (Å²) in [6, 6.07) is 76.2. The Balaban J connectivity index is 1.15. The van der Waals surface area contributed by atoms with Crippen LogP contribution in [0.5, 0.6) is 0 Å². The standard InChI is InChI=1S/C60H36N6O/c1-4-19-37(20-5-1)52-42-27-10-12-29-44(42)53(45-30-13-11-28-43(45)52)58-62-57(48-31-18-32-49-56(48)67-59(61-49)38-21-6-2-7-22-38)63-60(64-58)66-51-34-17-15-26-41(51)47-36-35-46-40-25-14-16-33-50(40)65(54(46)55(47)66)39-23-8-3-9-24-39/h1-36H. The summed E-state index contributed by atoms with van der Waals surface area (Å²) in [6.07, 6.45) is 0. The Morgan fingerprint density at radius 1 is 0.328 bits per heavy atom. The number of aromatic nitrogens is 6. The lowest BCUT2D eigenvalue weighted by Crippen LogP contribution is -2.08. The van der Waals surface area contributed by atoms with E-state index in [2.05, 4.69) is 179 Å². The summed E-state index contributed by atoms with van der Waals surface area (Å²) in [6.45, 7) is 0. The van der Waals surface area contributed by atoms with Gasteiger partial charge in [0, 0.05) is 38.4 Å². The molecule has 0 fully saturated rings. The van der Waals surface area contributed by atoms with Crippen LogP contribution in [0, 0.1) is 0 Å². The van der Waals surface area contributed by atoms with Gasteiger partial charge < -0.3 is 8.98 Å². The Kier molecular flexibility index (Phi) is 8.15. The summed E-state index contributed by atoms with van der Waals surface area (Å²) in [7, 11) is 0. The lowest BCUT2D eigenvalue weighted by molar-refractivity contribution is 0.620. The van der Waals surface area contributed by atoms with E-state index in [0.717, 1.165) is 87.7 Å². The monoisotopic (exact) mass is 856 g/mol. The number of hydrogen-bond donors (Lipinski definition) is 0. The quantitative estimate of drug-likeness (QED) is 0.156. The fourth-order valence-corrected chi connectivity index (χ4v) is 10.4. The highest BCUT2D eigenvalue weighted by atomic mass is 16.3. The molecular weight excluding hydrogens is 821 g/mol. The van der Waals surface area contributed by atoms with Crippen LogP contribution in [0.15, 0.2) is 223 Å². The van der Waals surface area contributed by atoms with Gasteiger partial charge in [0.1, 0.15) is 5.52 Å². The summed E-state index contributed by atoms with van der Waals surface area (Å²) in [5.41, 5.74) is 11.4. The Labute approximate surface area is 383 Å². The van der Waals surface area contributed by atoms with Crippen LogP contribution in [0.4, 0.5) is 0 Å². The summed E-state index contributed by atoms with van der Waals surface area (Å²) in [5, 5.41) is 8.81. The largest absolute Gasteiger partial charge is 0.435 e. The van der Waals surface area contributed by atoms with Crippen LogP contribution in [0.2, 0.25) is 0 Å². The van der Waals surface area contributed by atoms with Gasteiger partial charge in [0.15, 0.2) is 17.2 Å². The van der Waals surface area contributed by atoms with Gasteiger partial charge in [0.2, 0.25) is 11.8 Å². The summed E-state index contributed by atoms with van der Waals surface area (Å²) >= 11 is 0. The van der Waals surface area contributed by atoms with Gasteiger partial charge in [0.05, 0.1) is 27.6 Å². The molecule has 7 heteroatoms. The average molecular weight is 857 g/mol. The third-order valence-corrected chi connectivity index (χ3v) is 13.2. The van der Waals surface area contributed by atoms with Crippen molar-refractivity contribution < 1.29 is 4.42 Å². The first-order valence-corrected chi connectivity index (χ1v) is 22.5. The van der Waals surface area contributed by atoms with Crippen molar-refractivity contribution in [2.45, 2.75) is 0 Å².